The van der Waals surface area contributed by atoms with E-state index in [0.29, 0.717) is 27.3 Å². The Balaban J connectivity index is 1.15. The average molecular weight is 688 g/mol. The summed E-state index contributed by atoms with van der Waals surface area (Å²) in [6.07, 6.45) is -0.223. The van der Waals surface area contributed by atoms with Gasteiger partial charge in [0, 0.05) is 34.0 Å². The van der Waals surface area contributed by atoms with Gasteiger partial charge in [0.05, 0.1) is 23.3 Å². The number of aryl methyl sites for hydroxylation is 2. The summed E-state index contributed by atoms with van der Waals surface area (Å²) in [7, 11) is 0. The van der Waals surface area contributed by atoms with Crippen LogP contribution in [0.5, 0.6) is 0 Å². The van der Waals surface area contributed by atoms with E-state index in [0.717, 1.165) is 32.6 Å². The lowest BCUT2D eigenvalue weighted by Gasteiger charge is -2.27. The van der Waals surface area contributed by atoms with Gasteiger partial charge in [0.15, 0.2) is 5.82 Å². The van der Waals surface area contributed by atoms with Gasteiger partial charge in [0.25, 0.3) is 11.8 Å². The molecule has 0 radical (unpaired) electrons. The molecule has 4 aromatic rings. The topological polar surface area (TPSA) is 156 Å². The number of fused-ring (bicyclic) bond motifs is 4. The molecule has 5 amide bonds. The van der Waals surface area contributed by atoms with E-state index in [4.69, 9.17) is 16.6 Å². The molecule has 15 heteroatoms. The molecule has 2 N–H and O–H groups in total. The molecule has 2 aromatic heterocycles. The Labute approximate surface area is 282 Å². The van der Waals surface area contributed by atoms with Crippen LogP contribution in [-0.4, -0.2) is 61.0 Å². The third kappa shape index (κ3) is 5.21. The standard InChI is InChI=1S/C33H27ClFN7O5S/c1-14-15(2)48-33-26(14)28(18-4-6-19(34)7-5-18)37-22(29-40-39-16(3)41(29)33)12-25(44)36-13-17-10-20-27(21(35)11-17)32(47)42(31(20)46)23-8-9-24(43)38-30(23)45/h4-7,10-11,22-23H,8-9,12-13H2,1-3H3,(H,36,44)(H,38,43,45)/t22-,23?/m0/s1. The first-order chi connectivity index (χ1) is 22.9. The SMILES string of the molecule is Cc1sc2c(c1C)C(c1ccc(Cl)cc1)=N[C@@H](CC(=O)NCc1cc(F)c3c(c1)C(=O)N(C1CCC(=O)NC1=O)C3=O)c1nnc(C)n1-2. The Bertz CT molecular complexity index is 2120. The number of rotatable bonds is 6. The quantitative estimate of drug-likeness (QED) is 0.290. The fourth-order valence-corrected chi connectivity index (χ4v) is 7.63. The summed E-state index contributed by atoms with van der Waals surface area (Å²) in [4.78, 5) is 70.5. The smallest absolute Gasteiger partial charge is 0.265 e. The number of hydrogen-bond acceptors (Lipinski definition) is 9. The summed E-state index contributed by atoms with van der Waals surface area (Å²) in [6, 6.07) is 7.77. The minimum absolute atomic E-state index is 0.0516. The van der Waals surface area contributed by atoms with Crippen molar-refractivity contribution in [1.82, 2.24) is 30.3 Å². The van der Waals surface area contributed by atoms with E-state index in [-0.39, 0.29) is 36.9 Å². The molecule has 3 aliphatic heterocycles. The third-order valence-corrected chi connectivity index (χ3v) is 10.2. The Morgan fingerprint density at radius 3 is 2.54 bits per heavy atom. The van der Waals surface area contributed by atoms with E-state index < -0.39 is 53.0 Å². The number of amides is 5. The molecule has 7 rings (SSSR count). The third-order valence-electron chi connectivity index (χ3n) is 8.78. The van der Waals surface area contributed by atoms with Crippen molar-refractivity contribution in [3.8, 4) is 5.00 Å². The van der Waals surface area contributed by atoms with Crippen molar-refractivity contribution >= 4 is 58.2 Å². The second-order valence-electron chi connectivity index (χ2n) is 11.8. The first kappa shape index (κ1) is 31.5. The molecule has 0 bridgehead atoms. The van der Waals surface area contributed by atoms with E-state index in [9.17, 15) is 24.0 Å². The van der Waals surface area contributed by atoms with Gasteiger partial charge in [0.2, 0.25) is 17.7 Å². The maximum Gasteiger partial charge on any atom is 0.265 e. The van der Waals surface area contributed by atoms with Crippen LogP contribution in [0.1, 0.15) is 84.8 Å². The van der Waals surface area contributed by atoms with Gasteiger partial charge in [-0.2, -0.15) is 0 Å². The predicted molar refractivity (Wildman–Crippen MR) is 173 cm³/mol. The largest absolute Gasteiger partial charge is 0.352 e. The van der Waals surface area contributed by atoms with E-state index in [1.807, 2.05) is 37.5 Å². The van der Waals surface area contributed by atoms with Crippen molar-refractivity contribution in [2.24, 2.45) is 4.99 Å². The van der Waals surface area contributed by atoms with E-state index in [2.05, 4.69) is 20.8 Å². The monoisotopic (exact) mass is 687 g/mol. The van der Waals surface area contributed by atoms with Gasteiger partial charge >= 0.3 is 0 Å². The normalized spacial score (nSPS) is 18.6. The molecule has 12 nitrogen and oxygen atoms in total. The van der Waals surface area contributed by atoms with Crippen LogP contribution in [0.3, 0.4) is 0 Å². The van der Waals surface area contributed by atoms with Crippen LogP contribution in [0, 0.1) is 26.6 Å². The summed E-state index contributed by atoms with van der Waals surface area (Å²) in [6.45, 7) is 5.75. The highest BCUT2D eigenvalue weighted by Crippen LogP contribution is 2.39. The molecule has 1 unspecified atom stereocenters. The number of hydrogen-bond donors (Lipinski definition) is 2. The molecule has 48 heavy (non-hydrogen) atoms. The van der Waals surface area contributed by atoms with Crippen LogP contribution >= 0.6 is 22.9 Å². The molecule has 5 heterocycles. The Morgan fingerprint density at radius 1 is 1.06 bits per heavy atom. The van der Waals surface area contributed by atoms with Crippen molar-refractivity contribution in [3.05, 3.63) is 97.1 Å². The number of nitrogens with zero attached hydrogens (tertiary/aromatic N) is 5. The number of piperidine rings is 1. The molecular weight excluding hydrogens is 661 g/mol. The highest BCUT2D eigenvalue weighted by molar-refractivity contribution is 7.15. The molecule has 2 atom stereocenters. The van der Waals surface area contributed by atoms with E-state index in [1.165, 1.54) is 6.07 Å². The molecule has 2 aromatic carbocycles. The lowest BCUT2D eigenvalue weighted by atomic mass is 9.99. The summed E-state index contributed by atoms with van der Waals surface area (Å²) >= 11 is 7.78. The fraction of sp³-hybridized carbons (Fsp3) is 0.273. The maximum absolute atomic E-state index is 15.3. The zero-order valence-corrected chi connectivity index (χ0v) is 27.5. The zero-order chi connectivity index (χ0) is 34.0. The van der Waals surface area contributed by atoms with Crippen molar-refractivity contribution in [2.75, 3.05) is 0 Å². The van der Waals surface area contributed by atoms with Gasteiger partial charge in [-0.15, -0.1) is 21.5 Å². The summed E-state index contributed by atoms with van der Waals surface area (Å²) in [5.41, 5.74) is 3.06. The minimum atomic E-state index is -1.22. The van der Waals surface area contributed by atoms with Crippen LogP contribution in [0.2, 0.25) is 5.02 Å². The molecule has 3 aliphatic rings. The molecule has 244 valence electrons. The number of nitrogens with one attached hydrogen (secondary N) is 2. The number of carbonyl (C=O) groups excluding carboxylic acids is 5. The number of carbonyl (C=O) groups is 5. The Kier molecular flexibility index (Phi) is 7.79. The Hall–Kier alpha value is -5.08. The lowest BCUT2D eigenvalue weighted by Crippen LogP contribution is -2.54. The molecule has 1 saturated heterocycles. The molecular formula is C33H27ClFN7O5S. The maximum atomic E-state index is 15.3. The van der Waals surface area contributed by atoms with Crippen molar-refractivity contribution in [2.45, 2.75) is 58.7 Å². The number of imide groups is 2. The van der Waals surface area contributed by atoms with Crippen molar-refractivity contribution in [3.63, 3.8) is 0 Å². The minimum Gasteiger partial charge on any atom is -0.352 e. The number of aromatic nitrogens is 3. The van der Waals surface area contributed by atoms with Crippen molar-refractivity contribution in [1.29, 1.82) is 0 Å². The summed E-state index contributed by atoms with van der Waals surface area (Å²) in [5, 5.41) is 15.1. The van der Waals surface area contributed by atoms with Crippen molar-refractivity contribution < 1.29 is 28.4 Å². The second-order valence-corrected chi connectivity index (χ2v) is 13.5. The molecule has 0 spiro atoms. The zero-order valence-electron chi connectivity index (χ0n) is 25.9. The Morgan fingerprint density at radius 2 is 1.81 bits per heavy atom. The van der Waals surface area contributed by atoms with Crippen LogP contribution in [0.25, 0.3) is 5.00 Å². The van der Waals surface area contributed by atoms with Gasteiger partial charge < -0.3 is 5.32 Å². The highest BCUT2D eigenvalue weighted by Gasteiger charge is 2.46. The number of halogens is 2. The van der Waals surface area contributed by atoms with Crippen LogP contribution in [0.15, 0.2) is 41.4 Å². The van der Waals surface area contributed by atoms with E-state index >= 15 is 4.39 Å². The second kappa shape index (κ2) is 11.9. The number of thiophene rings is 1. The van der Waals surface area contributed by atoms with Gasteiger partial charge in [-0.05, 0) is 62.6 Å². The van der Waals surface area contributed by atoms with Crippen LogP contribution in [-0.2, 0) is 20.9 Å². The van der Waals surface area contributed by atoms with Crippen LogP contribution < -0.4 is 10.6 Å². The number of benzene rings is 2. The highest BCUT2D eigenvalue weighted by atomic mass is 35.5. The first-order valence-electron chi connectivity index (χ1n) is 15.1. The average Bonchev–Trinajstić information content (AvgIpc) is 3.61. The van der Waals surface area contributed by atoms with Crippen LogP contribution in [0.4, 0.5) is 4.39 Å². The van der Waals surface area contributed by atoms with E-state index in [1.54, 1.807) is 23.5 Å². The fourth-order valence-electron chi connectivity index (χ4n) is 6.29. The molecule has 0 aliphatic carbocycles. The molecule has 0 saturated carbocycles. The van der Waals surface area contributed by atoms with Gasteiger partial charge in [-0.25, -0.2) is 4.39 Å². The number of aliphatic imine (C=N–C) groups is 1. The summed E-state index contributed by atoms with van der Waals surface area (Å²) in [5.74, 6) is -3.32. The first-order valence-corrected chi connectivity index (χ1v) is 16.3. The van der Waals surface area contributed by atoms with Gasteiger partial charge in [0.1, 0.15) is 28.7 Å². The van der Waals surface area contributed by atoms with Gasteiger partial charge in [-0.1, -0.05) is 23.7 Å². The van der Waals surface area contributed by atoms with Gasteiger partial charge in [-0.3, -0.25) is 43.7 Å². The predicted octanol–water partition coefficient (Wildman–Crippen LogP) is 4.05. The molecule has 1 fully saturated rings. The lowest BCUT2D eigenvalue weighted by molar-refractivity contribution is -0.136. The summed E-state index contributed by atoms with van der Waals surface area (Å²) < 4.78 is 17.2.